The van der Waals surface area contributed by atoms with Gasteiger partial charge in [0.05, 0.1) is 19.5 Å². The Morgan fingerprint density at radius 2 is 2.00 bits per heavy atom. The van der Waals surface area contributed by atoms with E-state index in [2.05, 4.69) is 0 Å². The number of benzene rings is 1. The molecule has 1 aromatic carbocycles. The van der Waals surface area contributed by atoms with Gasteiger partial charge in [-0.2, -0.15) is 0 Å². The summed E-state index contributed by atoms with van der Waals surface area (Å²) in [6.45, 7) is 0.337. The second kappa shape index (κ2) is 6.85. The van der Waals surface area contributed by atoms with Gasteiger partial charge in [-0.25, -0.2) is 8.42 Å². The van der Waals surface area contributed by atoms with Crippen LogP contribution >= 0.6 is 11.6 Å². The minimum Gasteiger partial charge on any atom is -0.493 e. The first-order valence-corrected chi connectivity index (χ1v) is 8.09. The van der Waals surface area contributed by atoms with Gasteiger partial charge in [-0.15, -0.1) is 11.6 Å². The van der Waals surface area contributed by atoms with Crippen molar-refractivity contribution in [2.45, 2.75) is 12.3 Å². The zero-order chi connectivity index (χ0) is 13.6. The molecule has 0 saturated carbocycles. The van der Waals surface area contributed by atoms with Crippen LogP contribution in [-0.4, -0.2) is 34.1 Å². The molecule has 0 amide bonds. The van der Waals surface area contributed by atoms with Gasteiger partial charge >= 0.3 is 0 Å². The lowest BCUT2D eigenvalue weighted by molar-refractivity contribution is 0.294. The summed E-state index contributed by atoms with van der Waals surface area (Å²) in [4.78, 5) is 0. The highest BCUT2D eigenvalue weighted by molar-refractivity contribution is 7.90. The fraction of sp³-hybridized carbons (Fsp3) is 0.500. The van der Waals surface area contributed by atoms with Crippen molar-refractivity contribution in [3.8, 4) is 11.5 Å². The third kappa shape index (κ3) is 5.14. The minimum absolute atomic E-state index is 0.120. The molecular weight excluding hydrogens is 276 g/mol. The van der Waals surface area contributed by atoms with Crippen LogP contribution in [-0.2, 0) is 15.7 Å². The van der Waals surface area contributed by atoms with Crippen LogP contribution < -0.4 is 9.47 Å². The molecule has 6 heteroatoms. The van der Waals surface area contributed by atoms with Crippen LogP contribution in [0, 0.1) is 0 Å². The smallest absolute Gasteiger partial charge is 0.161 e. The molecule has 0 fully saturated rings. The molecule has 0 radical (unpaired) electrons. The van der Waals surface area contributed by atoms with E-state index in [1.54, 1.807) is 19.2 Å². The van der Waals surface area contributed by atoms with E-state index in [9.17, 15) is 8.42 Å². The lowest BCUT2D eigenvalue weighted by Crippen LogP contribution is -2.08. The first-order valence-electron chi connectivity index (χ1n) is 5.49. The molecule has 0 atom stereocenters. The van der Waals surface area contributed by atoms with Gasteiger partial charge in [0.15, 0.2) is 11.5 Å². The summed E-state index contributed by atoms with van der Waals surface area (Å²) in [6.07, 6.45) is 1.67. The zero-order valence-corrected chi connectivity index (χ0v) is 12.1. The van der Waals surface area contributed by atoms with Gasteiger partial charge < -0.3 is 9.47 Å². The summed E-state index contributed by atoms with van der Waals surface area (Å²) >= 11 is 5.72. The second-order valence-corrected chi connectivity index (χ2v) is 6.48. The van der Waals surface area contributed by atoms with Crippen molar-refractivity contribution < 1.29 is 17.9 Å². The summed E-state index contributed by atoms with van der Waals surface area (Å²) in [5.74, 6) is 1.73. The molecule has 0 aliphatic rings. The highest BCUT2D eigenvalue weighted by Crippen LogP contribution is 2.28. The molecule has 0 aliphatic carbocycles. The summed E-state index contributed by atoms with van der Waals surface area (Å²) in [6, 6.07) is 5.43. The Morgan fingerprint density at radius 1 is 1.28 bits per heavy atom. The molecule has 1 aromatic rings. The maximum atomic E-state index is 11.0. The average Bonchev–Trinajstić information content (AvgIpc) is 2.33. The molecule has 0 aromatic heterocycles. The Labute approximate surface area is 113 Å². The van der Waals surface area contributed by atoms with Crippen molar-refractivity contribution in [3.63, 3.8) is 0 Å². The van der Waals surface area contributed by atoms with E-state index in [-0.39, 0.29) is 5.75 Å². The second-order valence-electron chi connectivity index (χ2n) is 3.95. The molecule has 0 spiro atoms. The van der Waals surface area contributed by atoms with Crippen molar-refractivity contribution >= 4 is 21.4 Å². The van der Waals surface area contributed by atoms with Gasteiger partial charge in [-0.1, -0.05) is 6.07 Å². The lowest BCUT2D eigenvalue weighted by atomic mass is 10.2. The van der Waals surface area contributed by atoms with Gasteiger partial charge in [0.2, 0.25) is 0 Å². The molecule has 0 saturated heterocycles. The summed E-state index contributed by atoms with van der Waals surface area (Å²) in [5, 5.41) is 0. The van der Waals surface area contributed by atoms with Gasteiger partial charge in [0, 0.05) is 12.1 Å². The molecule has 0 unspecified atom stereocenters. The quantitative estimate of drug-likeness (QED) is 0.571. The molecule has 18 heavy (non-hydrogen) atoms. The maximum absolute atomic E-state index is 11.0. The third-order valence-corrected chi connectivity index (χ3v) is 3.64. The van der Waals surface area contributed by atoms with Crippen LogP contribution in [0.25, 0.3) is 0 Å². The lowest BCUT2D eigenvalue weighted by Gasteiger charge is -2.11. The van der Waals surface area contributed by atoms with Gasteiger partial charge in [-0.05, 0) is 24.1 Å². The predicted octanol–water partition coefficient (Wildman–Crippen LogP) is 2.25. The van der Waals surface area contributed by atoms with Crippen molar-refractivity contribution in [1.29, 1.82) is 0 Å². The van der Waals surface area contributed by atoms with Crippen LogP contribution in [0.15, 0.2) is 18.2 Å². The Kier molecular flexibility index (Phi) is 5.75. The normalized spacial score (nSPS) is 11.3. The zero-order valence-electron chi connectivity index (χ0n) is 10.5. The van der Waals surface area contributed by atoms with Crippen molar-refractivity contribution in [2.24, 2.45) is 0 Å². The highest BCUT2D eigenvalue weighted by atomic mass is 35.5. The SMILES string of the molecule is COc1cc(CCl)ccc1OCCCS(C)(=O)=O. The van der Waals surface area contributed by atoms with Crippen molar-refractivity contribution in [2.75, 3.05) is 25.7 Å². The van der Waals surface area contributed by atoms with Crippen LogP contribution in [0.3, 0.4) is 0 Å². The Hall–Kier alpha value is -0.940. The predicted molar refractivity (Wildman–Crippen MR) is 72.4 cm³/mol. The van der Waals surface area contributed by atoms with Gasteiger partial charge in [0.1, 0.15) is 9.84 Å². The topological polar surface area (TPSA) is 52.6 Å². The standard InChI is InChI=1S/C12H17ClO4S/c1-16-12-8-10(9-13)4-5-11(12)17-6-3-7-18(2,14)15/h4-5,8H,3,6-7,9H2,1-2H3. The molecule has 4 nitrogen and oxygen atoms in total. The summed E-state index contributed by atoms with van der Waals surface area (Å²) < 4.78 is 32.6. The molecule has 0 aliphatic heterocycles. The van der Waals surface area contributed by atoms with Crippen molar-refractivity contribution in [3.05, 3.63) is 23.8 Å². The molecule has 0 heterocycles. The van der Waals surface area contributed by atoms with E-state index >= 15 is 0 Å². The van der Waals surface area contributed by atoms with E-state index < -0.39 is 9.84 Å². The molecule has 1 rings (SSSR count). The van der Waals surface area contributed by atoms with Crippen molar-refractivity contribution in [1.82, 2.24) is 0 Å². The highest BCUT2D eigenvalue weighted by Gasteiger charge is 2.06. The Morgan fingerprint density at radius 3 is 2.56 bits per heavy atom. The number of rotatable bonds is 7. The van der Waals surface area contributed by atoms with E-state index in [1.807, 2.05) is 6.07 Å². The van der Waals surface area contributed by atoms with E-state index in [0.29, 0.717) is 30.4 Å². The number of hydrogen-bond donors (Lipinski definition) is 0. The molecule has 0 N–H and O–H groups in total. The molecule has 0 bridgehead atoms. The van der Waals surface area contributed by atoms with Gasteiger partial charge in [0.25, 0.3) is 0 Å². The van der Waals surface area contributed by atoms with Crippen LogP contribution in [0.1, 0.15) is 12.0 Å². The number of sulfone groups is 1. The Bertz CT molecular complexity index is 485. The van der Waals surface area contributed by atoms with E-state index in [4.69, 9.17) is 21.1 Å². The van der Waals surface area contributed by atoms with Gasteiger partial charge in [-0.3, -0.25) is 0 Å². The van der Waals surface area contributed by atoms with E-state index in [1.165, 1.54) is 6.26 Å². The fourth-order valence-electron chi connectivity index (χ4n) is 1.42. The number of ether oxygens (including phenoxy) is 2. The number of halogens is 1. The third-order valence-electron chi connectivity index (χ3n) is 2.30. The first kappa shape index (κ1) is 15.1. The first-order chi connectivity index (χ1) is 8.46. The molecule has 102 valence electrons. The summed E-state index contributed by atoms with van der Waals surface area (Å²) in [7, 11) is -1.38. The number of alkyl halides is 1. The largest absolute Gasteiger partial charge is 0.493 e. The van der Waals surface area contributed by atoms with E-state index in [0.717, 1.165) is 5.56 Å². The Balaban J connectivity index is 2.56. The van der Waals surface area contributed by atoms with Crippen LogP contribution in [0.2, 0.25) is 0 Å². The maximum Gasteiger partial charge on any atom is 0.161 e. The monoisotopic (exact) mass is 292 g/mol. The number of methoxy groups -OCH3 is 1. The average molecular weight is 293 g/mol. The van der Waals surface area contributed by atoms with Crippen LogP contribution in [0.5, 0.6) is 11.5 Å². The summed E-state index contributed by atoms with van der Waals surface area (Å²) in [5.41, 5.74) is 0.942. The number of hydrogen-bond acceptors (Lipinski definition) is 4. The van der Waals surface area contributed by atoms with Crippen LogP contribution in [0.4, 0.5) is 0 Å². The minimum atomic E-state index is -2.93. The molecular formula is C12H17ClO4S. The fourth-order valence-corrected chi connectivity index (χ4v) is 2.23.